The van der Waals surface area contributed by atoms with Crippen molar-refractivity contribution in [2.45, 2.75) is 139 Å². The lowest BCUT2D eigenvalue weighted by atomic mass is 9.87. The molecule has 2 aromatic heterocycles. The molecule has 14 nitrogen and oxygen atoms in total. The van der Waals surface area contributed by atoms with Crippen LogP contribution in [0.4, 0.5) is 26.3 Å². The van der Waals surface area contributed by atoms with Crippen molar-refractivity contribution >= 4 is 33.4 Å². The van der Waals surface area contributed by atoms with Crippen LogP contribution < -0.4 is 18.9 Å². The molecule has 2 atom stereocenters. The summed E-state index contributed by atoms with van der Waals surface area (Å²) in [6.45, 7) is 8.39. The number of hydrogen-bond donors (Lipinski definition) is 4. The average molecular weight is 1220 g/mol. The summed E-state index contributed by atoms with van der Waals surface area (Å²) in [5.74, 6) is -2.05. The molecule has 464 valence electrons. The van der Waals surface area contributed by atoms with Crippen LogP contribution in [0.25, 0.3) is 21.8 Å². The van der Waals surface area contributed by atoms with Crippen molar-refractivity contribution in [3.05, 3.63) is 190 Å². The van der Waals surface area contributed by atoms with Crippen LogP contribution in [0.1, 0.15) is 98.1 Å². The number of ether oxygens (including phenoxy) is 6. The van der Waals surface area contributed by atoms with Gasteiger partial charge in [0.15, 0.2) is 23.0 Å². The van der Waals surface area contributed by atoms with E-state index in [0.717, 1.165) is 22.2 Å². The zero-order valence-corrected chi connectivity index (χ0v) is 49.0. The third-order valence-corrected chi connectivity index (χ3v) is 17.1. The number of ketones is 2. The number of halogens is 6. The first-order chi connectivity index (χ1) is 41.8. The fraction of sp³-hybridized carbons (Fsp3) is 0.382. The number of aromatic nitrogens is 2. The summed E-state index contributed by atoms with van der Waals surface area (Å²) in [5, 5.41) is 41.8. The summed E-state index contributed by atoms with van der Waals surface area (Å²) >= 11 is 0. The molecule has 2 aliphatic carbocycles. The summed E-state index contributed by atoms with van der Waals surface area (Å²) < 4.78 is 119. The summed E-state index contributed by atoms with van der Waals surface area (Å²) in [5.41, 5.74) is 2.99. The molecule has 4 N–H and O–H groups in total. The predicted molar refractivity (Wildman–Crippen MR) is 313 cm³/mol. The Bertz CT molecular complexity index is 3890. The van der Waals surface area contributed by atoms with E-state index < -0.39 is 64.7 Å². The van der Waals surface area contributed by atoms with Crippen molar-refractivity contribution in [2.24, 2.45) is 0 Å². The maximum Gasteiger partial charge on any atom is 0.586 e. The van der Waals surface area contributed by atoms with E-state index in [4.69, 9.17) is 9.47 Å². The number of benzene rings is 6. The fourth-order valence-corrected chi connectivity index (χ4v) is 11.9. The molecular weight excluding hydrogens is 1150 g/mol. The van der Waals surface area contributed by atoms with Crippen molar-refractivity contribution in [3.8, 4) is 23.0 Å². The van der Waals surface area contributed by atoms with Crippen LogP contribution in [0.2, 0.25) is 0 Å². The number of Topliss-reactive ketones (excluding diaryl/α,β-unsaturated/α-hetero) is 2. The first kappa shape index (κ1) is 61.9. The van der Waals surface area contributed by atoms with Crippen molar-refractivity contribution in [3.63, 3.8) is 0 Å². The molecule has 8 aromatic rings. The highest BCUT2D eigenvalue weighted by Crippen LogP contribution is 2.54. The molecule has 0 saturated heterocycles. The number of carbonyl (C=O) groups excluding carboxylic acids is 2. The van der Waals surface area contributed by atoms with Gasteiger partial charge in [0.2, 0.25) is 0 Å². The van der Waals surface area contributed by atoms with Gasteiger partial charge in [0.05, 0.1) is 86.8 Å². The zero-order valence-electron chi connectivity index (χ0n) is 49.0. The van der Waals surface area contributed by atoms with E-state index in [2.05, 4.69) is 18.9 Å². The lowest BCUT2D eigenvalue weighted by Gasteiger charge is -2.28. The van der Waals surface area contributed by atoms with Gasteiger partial charge in [0.25, 0.3) is 0 Å². The van der Waals surface area contributed by atoms with Crippen LogP contribution in [0.15, 0.2) is 133 Å². The summed E-state index contributed by atoms with van der Waals surface area (Å²) in [6, 6.07) is 38.0. The molecule has 4 aliphatic rings. The Kier molecular flexibility index (Phi) is 16.9. The lowest BCUT2D eigenvalue weighted by molar-refractivity contribution is -0.287. The molecule has 2 aliphatic heterocycles. The molecule has 0 amide bonds. The molecule has 0 spiro atoms. The minimum absolute atomic E-state index is 0.00273. The quantitative estimate of drug-likeness (QED) is 0.0421. The number of fused-ring (bicyclic) bond motifs is 4. The van der Waals surface area contributed by atoms with Gasteiger partial charge in [-0.15, -0.1) is 17.6 Å². The highest BCUT2D eigenvalue weighted by atomic mass is 19.3. The van der Waals surface area contributed by atoms with Crippen LogP contribution in [-0.2, 0) is 79.9 Å². The molecule has 6 aromatic carbocycles. The maximum atomic E-state index is 16.0. The Morgan fingerprint density at radius 3 is 1.40 bits per heavy atom. The van der Waals surface area contributed by atoms with E-state index in [1.165, 1.54) is 36.4 Å². The van der Waals surface area contributed by atoms with Crippen LogP contribution in [0.3, 0.4) is 0 Å². The van der Waals surface area contributed by atoms with E-state index in [-0.39, 0.29) is 84.8 Å². The second-order valence-corrected chi connectivity index (χ2v) is 24.7. The molecule has 0 unspecified atom stereocenters. The van der Waals surface area contributed by atoms with Gasteiger partial charge >= 0.3 is 12.6 Å². The Balaban J connectivity index is 0.000000191. The number of aliphatic hydroxyl groups excluding tert-OH is 4. The summed E-state index contributed by atoms with van der Waals surface area (Å²) in [7, 11) is 0. The number of carbonyl (C=O) groups is 2. The number of alkyl halides is 4. The minimum Gasteiger partial charge on any atom is -0.395 e. The molecule has 4 heterocycles. The van der Waals surface area contributed by atoms with Crippen molar-refractivity contribution in [1.29, 1.82) is 0 Å². The second-order valence-electron chi connectivity index (χ2n) is 24.7. The molecule has 20 heteroatoms. The largest absolute Gasteiger partial charge is 0.586 e. The molecular formula is C68H68F6N2O12. The Morgan fingerprint density at radius 2 is 0.966 bits per heavy atom. The van der Waals surface area contributed by atoms with Gasteiger partial charge in [-0.05, 0) is 120 Å². The van der Waals surface area contributed by atoms with Crippen LogP contribution >= 0.6 is 0 Å². The highest BCUT2D eigenvalue weighted by Gasteiger charge is 2.54. The van der Waals surface area contributed by atoms with Crippen LogP contribution in [-0.4, -0.2) is 92.4 Å². The van der Waals surface area contributed by atoms with Gasteiger partial charge < -0.3 is 58.0 Å². The van der Waals surface area contributed by atoms with Gasteiger partial charge in [-0.2, -0.15) is 0 Å². The third-order valence-electron chi connectivity index (χ3n) is 17.1. The average Bonchev–Trinajstić information content (AvgIpc) is 1.66. The van der Waals surface area contributed by atoms with Crippen LogP contribution in [0, 0.1) is 11.6 Å². The third kappa shape index (κ3) is 12.9. The normalized spacial score (nSPS) is 17.2. The zero-order chi connectivity index (χ0) is 62.6. The van der Waals surface area contributed by atoms with Crippen molar-refractivity contribution in [2.75, 3.05) is 26.4 Å². The van der Waals surface area contributed by atoms with E-state index in [1.807, 2.05) is 99.0 Å². The highest BCUT2D eigenvalue weighted by molar-refractivity contribution is 5.97. The number of nitrogens with zero attached hydrogens (tertiary/aromatic N) is 2. The topological polar surface area (TPSA) is 180 Å². The van der Waals surface area contributed by atoms with E-state index >= 15 is 8.78 Å². The minimum atomic E-state index is -3.76. The Morgan fingerprint density at radius 1 is 0.545 bits per heavy atom. The number of rotatable bonds is 24. The van der Waals surface area contributed by atoms with E-state index in [0.29, 0.717) is 78.7 Å². The number of aliphatic hydroxyl groups is 4. The summed E-state index contributed by atoms with van der Waals surface area (Å²) in [4.78, 5) is 27.2. The van der Waals surface area contributed by atoms with Gasteiger partial charge in [-0.25, -0.2) is 8.78 Å². The first-order valence-corrected chi connectivity index (χ1v) is 29.1. The smallest absolute Gasteiger partial charge is 0.395 e. The predicted octanol–water partition coefficient (Wildman–Crippen LogP) is 11.6. The second kappa shape index (κ2) is 24.0. The Labute approximate surface area is 503 Å². The number of hydrogen-bond acceptors (Lipinski definition) is 12. The first-order valence-electron chi connectivity index (χ1n) is 29.1. The summed E-state index contributed by atoms with van der Waals surface area (Å²) in [6.07, 6.45) is -7.79. The van der Waals surface area contributed by atoms with Gasteiger partial charge in [-0.1, -0.05) is 100 Å². The Hall–Kier alpha value is -7.72. The van der Waals surface area contributed by atoms with Crippen molar-refractivity contribution in [1.82, 2.24) is 9.13 Å². The van der Waals surface area contributed by atoms with Gasteiger partial charge in [0.1, 0.15) is 23.2 Å². The standard InChI is InChI=1S/C41H40F3NO6.C27H28F3NO6/c1-39(2,26-49-24-28-11-7-4-8-12-28)37-18-30-17-29(19-38(47)40(15-16-40)31-13-14-35-36(20-31)51-41(43,44)50-35)33(42)21-34(30)45(37)22-32(46)25-48-23-27-9-5-3-6-10-27;1-25(2,14-33)23-8-16-7-15(19(28)11-20(16)31(23)12-18(34)13-32)9-24(35)26(5-6-26)17-3-4-21-22(10-17)37-27(29,30)36-21/h3-14,17-18,20-21,32,46H,15-16,19,22-26H2,1-2H3;3-4,7-8,10-11,18,32-34H,5-6,9,12-14H2,1-2H3/t32-;18-/m11/s1. The molecule has 88 heavy (non-hydrogen) atoms. The fourth-order valence-electron chi connectivity index (χ4n) is 11.9. The SMILES string of the molecule is CC(C)(CO)c1cc2cc(CC(=O)C3(c4ccc5c(c4)OC(F)(F)O5)CC3)c(F)cc2n1C[C@@H](O)CO.CC(C)(COCc1ccccc1)c1cc2cc(CC(=O)C3(c4ccc5c(c4)OC(F)(F)O5)CC3)c(F)cc2n1C[C@@H](O)COCc1ccccc1. The van der Waals surface area contributed by atoms with Crippen LogP contribution in [0.5, 0.6) is 23.0 Å². The molecule has 0 radical (unpaired) electrons. The monoisotopic (exact) mass is 1220 g/mol. The lowest BCUT2D eigenvalue weighted by Crippen LogP contribution is -2.30. The van der Waals surface area contributed by atoms with E-state index in [9.17, 15) is 47.6 Å². The maximum absolute atomic E-state index is 16.0. The van der Waals surface area contributed by atoms with Gasteiger partial charge in [-0.3, -0.25) is 9.59 Å². The molecule has 0 bridgehead atoms. The van der Waals surface area contributed by atoms with Gasteiger partial charge in [0, 0.05) is 45.8 Å². The molecule has 2 saturated carbocycles. The van der Waals surface area contributed by atoms with Crippen molar-refractivity contribution < 1.29 is 84.8 Å². The molecule has 12 rings (SSSR count). The molecule has 2 fully saturated rings. The van der Waals surface area contributed by atoms with E-state index in [1.54, 1.807) is 34.9 Å².